The van der Waals surface area contributed by atoms with Gasteiger partial charge in [0.15, 0.2) is 0 Å². The summed E-state index contributed by atoms with van der Waals surface area (Å²) >= 11 is 1.80. The number of hydrogen-bond donors (Lipinski definition) is 0. The van der Waals surface area contributed by atoms with E-state index in [9.17, 15) is 0 Å². The second-order valence-corrected chi connectivity index (χ2v) is 16.7. The summed E-state index contributed by atoms with van der Waals surface area (Å²) in [4.78, 5) is 9.52. The summed E-state index contributed by atoms with van der Waals surface area (Å²) in [5.74, 6) is 0. The Kier molecular flexibility index (Phi) is 5.82. The van der Waals surface area contributed by atoms with E-state index in [2.05, 4.69) is 184 Å². The molecule has 5 heteroatoms. The molecule has 2 aliphatic carbocycles. The van der Waals surface area contributed by atoms with Crippen LogP contribution in [0.1, 0.15) is 22.3 Å². The van der Waals surface area contributed by atoms with E-state index in [1.54, 1.807) is 17.7 Å². The van der Waals surface area contributed by atoms with Crippen LogP contribution in [0, 0.1) is 0 Å². The molecule has 0 bridgehead atoms. The molecule has 2 aliphatic rings. The van der Waals surface area contributed by atoms with E-state index in [-0.39, 0.29) is 0 Å². The third-order valence-corrected chi connectivity index (χ3v) is 14.2. The maximum atomic E-state index is 5.01. The van der Waals surface area contributed by atoms with Crippen molar-refractivity contribution in [2.24, 2.45) is 0 Å². The van der Waals surface area contributed by atoms with E-state index in [4.69, 9.17) is 4.98 Å². The highest BCUT2D eigenvalue weighted by Gasteiger charge is 2.51. The van der Waals surface area contributed by atoms with Gasteiger partial charge in [-0.3, -0.25) is 0 Å². The van der Waals surface area contributed by atoms with Crippen LogP contribution in [-0.4, -0.2) is 19.1 Å². The van der Waals surface area contributed by atoms with Crippen molar-refractivity contribution in [2.45, 2.75) is 5.41 Å². The summed E-state index contributed by atoms with van der Waals surface area (Å²) in [6, 6.07) is 63.1. The summed E-state index contributed by atoms with van der Waals surface area (Å²) in [7, 11) is 0. The molecule has 0 saturated heterocycles. The Bertz CT molecular complexity index is 3690. The largest absolute Gasteiger partial charge is 0.309 e. The Morgan fingerprint density at radius 2 is 1.00 bits per heavy atom. The molecule has 1 spiro atoms. The van der Waals surface area contributed by atoms with Gasteiger partial charge in [-0.05, 0) is 80.9 Å². The van der Waals surface area contributed by atoms with Gasteiger partial charge < -0.3 is 9.13 Å². The fourth-order valence-corrected chi connectivity index (χ4v) is 12.2. The highest BCUT2D eigenvalue weighted by Crippen LogP contribution is 2.63. The smallest absolute Gasteiger partial charge is 0.116 e. The predicted octanol–water partition coefficient (Wildman–Crippen LogP) is 13.4. The standard InChI is InChI=1S/C53H30N4S/c1-2-14-31(15-3-1)56-44-25-13-8-20-38(44)47-50-46(48-49-45(29-54-30-55-49)58-52(48)51(47)56)37-19-7-12-24-43(37)57(50)32-26-27-36-35-18-6-11-23-41(35)53(42(36)28-32)39-21-9-4-16-33(39)34-17-5-10-22-40(34)53/h1-30H. The third kappa shape index (κ3) is 3.58. The third-order valence-electron chi connectivity index (χ3n) is 13.1. The summed E-state index contributed by atoms with van der Waals surface area (Å²) in [5.41, 5.74) is 18.2. The van der Waals surface area contributed by atoms with Gasteiger partial charge in [0.05, 0.1) is 42.4 Å². The Labute approximate surface area is 336 Å². The Hall–Kier alpha value is -7.34. The molecule has 0 N–H and O–H groups in total. The minimum absolute atomic E-state index is 0.444. The Morgan fingerprint density at radius 3 is 1.67 bits per heavy atom. The maximum Gasteiger partial charge on any atom is 0.116 e. The van der Waals surface area contributed by atoms with Crippen molar-refractivity contribution in [3.63, 3.8) is 0 Å². The van der Waals surface area contributed by atoms with Crippen LogP contribution in [0.25, 0.3) is 97.5 Å². The molecule has 12 aromatic rings. The SMILES string of the molecule is c1ccc(-n2c3ccccc3c3c2c2sc4cncnc4c2c2c4ccccc4n(-c4ccc5c(c4)C4(c6ccccc6-c6ccccc64)c4ccccc4-5)c23)cc1. The molecule has 268 valence electrons. The number of thiophene rings is 1. The van der Waals surface area contributed by atoms with E-state index in [0.717, 1.165) is 21.6 Å². The normalized spacial score (nSPS) is 13.7. The first-order valence-electron chi connectivity index (χ1n) is 19.8. The van der Waals surface area contributed by atoms with Gasteiger partial charge in [0.25, 0.3) is 0 Å². The number of rotatable bonds is 2. The molecular formula is C53H30N4S. The molecule has 0 unspecified atom stereocenters. The lowest BCUT2D eigenvalue weighted by atomic mass is 9.70. The molecule has 0 fully saturated rings. The summed E-state index contributed by atoms with van der Waals surface area (Å²) in [6.45, 7) is 0. The predicted molar refractivity (Wildman–Crippen MR) is 240 cm³/mol. The van der Waals surface area contributed by atoms with Crippen molar-refractivity contribution in [3.05, 3.63) is 205 Å². The molecule has 8 aromatic carbocycles. The van der Waals surface area contributed by atoms with Gasteiger partial charge in [0, 0.05) is 44.5 Å². The number of fused-ring (bicyclic) bond motifs is 22. The van der Waals surface area contributed by atoms with Gasteiger partial charge in [-0.15, -0.1) is 11.3 Å². The van der Waals surface area contributed by atoms with E-state index >= 15 is 0 Å². The van der Waals surface area contributed by atoms with Crippen LogP contribution in [0.4, 0.5) is 0 Å². The van der Waals surface area contributed by atoms with Crippen molar-refractivity contribution in [1.29, 1.82) is 0 Å². The number of aromatic nitrogens is 4. The quantitative estimate of drug-likeness (QED) is 0.176. The zero-order valence-corrected chi connectivity index (χ0v) is 31.8. The lowest BCUT2D eigenvalue weighted by Gasteiger charge is -2.30. The lowest BCUT2D eigenvalue weighted by Crippen LogP contribution is -2.26. The summed E-state index contributed by atoms with van der Waals surface area (Å²) < 4.78 is 7.34. The van der Waals surface area contributed by atoms with Gasteiger partial charge in [0.1, 0.15) is 6.33 Å². The van der Waals surface area contributed by atoms with Crippen LogP contribution in [0.15, 0.2) is 182 Å². The number of para-hydroxylation sites is 3. The van der Waals surface area contributed by atoms with Crippen LogP contribution in [0.3, 0.4) is 0 Å². The fourth-order valence-electron chi connectivity index (χ4n) is 11.0. The fraction of sp³-hybridized carbons (Fsp3) is 0.0189. The average Bonchev–Trinajstić information content (AvgIpc) is 4.07. The van der Waals surface area contributed by atoms with Crippen LogP contribution >= 0.6 is 11.3 Å². The van der Waals surface area contributed by atoms with Gasteiger partial charge in [0.2, 0.25) is 0 Å². The Morgan fingerprint density at radius 1 is 0.448 bits per heavy atom. The van der Waals surface area contributed by atoms with Crippen molar-refractivity contribution >= 4 is 75.3 Å². The molecule has 0 amide bonds. The number of nitrogens with zero attached hydrogens (tertiary/aromatic N) is 4. The molecule has 0 aliphatic heterocycles. The zero-order chi connectivity index (χ0) is 37.7. The van der Waals surface area contributed by atoms with E-state index in [0.29, 0.717) is 0 Å². The second kappa shape index (κ2) is 10.9. The van der Waals surface area contributed by atoms with Crippen molar-refractivity contribution < 1.29 is 0 Å². The first-order valence-corrected chi connectivity index (χ1v) is 20.6. The minimum atomic E-state index is -0.444. The van der Waals surface area contributed by atoms with E-state index in [1.165, 1.54) is 98.2 Å². The molecule has 0 saturated carbocycles. The molecule has 58 heavy (non-hydrogen) atoms. The number of hydrogen-bond acceptors (Lipinski definition) is 3. The molecule has 4 aromatic heterocycles. The molecule has 4 heterocycles. The second-order valence-electron chi connectivity index (χ2n) is 15.6. The van der Waals surface area contributed by atoms with E-state index < -0.39 is 5.41 Å². The molecular weight excluding hydrogens is 725 g/mol. The Balaban J connectivity index is 1.20. The van der Waals surface area contributed by atoms with Crippen molar-refractivity contribution in [3.8, 4) is 33.6 Å². The molecule has 14 rings (SSSR count). The number of benzene rings is 8. The highest BCUT2D eigenvalue weighted by atomic mass is 32.1. The first kappa shape index (κ1) is 30.8. The molecule has 0 atom stereocenters. The van der Waals surface area contributed by atoms with Crippen LogP contribution in [0.5, 0.6) is 0 Å². The van der Waals surface area contributed by atoms with Crippen molar-refractivity contribution in [2.75, 3.05) is 0 Å². The van der Waals surface area contributed by atoms with Gasteiger partial charge in [-0.25, -0.2) is 9.97 Å². The van der Waals surface area contributed by atoms with Crippen molar-refractivity contribution in [1.82, 2.24) is 19.1 Å². The van der Waals surface area contributed by atoms with Gasteiger partial charge in [-0.1, -0.05) is 133 Å². The van der Waals surface area contributed by atoms with E-state index in [1.807, 2.05) is 6.20 Å². The monoisotopic (exact) mass is 754 g/mol. The zero-order valence-electron chi connectivity index (χ0n) is 31.0. The lowest BCUT2D eigenvalue weighted by molar-refractivity contribution is 0.792. The summed E-state index contributed by atoms with van der Waals surface area (Å²) in [5, 5.41) is 6.10. The topological polar surface area (TPSA) is 35.6 Å². The van der Waals surface area contributed by atoms with Gasteiger partial charge in [-0.2, -0.15) is 0 Å². The van der Waals surface area contributed by atoms with Gasteiger partial charge >= 0.3 is 0 Å². The summed E-state index contributed by atoms with van der Waals surface area (Å²) in [6.07, 6.45) is 3.68. The molecule has 4 nitrogen and oxygen atoms in total. The highest BCUT2D eigenvalue weighted by molar-refractivity contribution is 7.26. The molecule has 0 radical (unpaired) electrons. The minimum Gasteiger partial charge on any atom is -0.309 e. The van der Waals surface area contributed by atoms with Crippen LogP contribution in [-0.2, 0) is 5.41 Å². The van der Waals surface area contributed by atoms with Crippen LogP contribution < -0.4 is 0 Å². The average molecular weight is 755 g/mol. The first-order chi connectivity index (χ1) is 28.8. The van der Waals surface area contributed by atoms with Crippen LogP contribution in [0.2, 0.25) is 0 Å². The maximum absolute atomic E-state index is 5.01.